The van der Waals surface area contributed by atoms with Crippen LogP contribution < -0.4 is 16.8 Å². The van der Waals surface area contributed by atoms with Crippen LogP contribution in [-0.4, -0.2) is 5.91 Å². The highest BCUT2D eigenvalue weighted by molar-refractivity contribution is 7.10. The number of benzene rings is 1. The van der Waals surface area contributed by atoms with Crippen molar-refractivity contribution < 1.29 is 4.79 Å². The predicted octanol–water partition coefficient (Wildman–Crippen LogP) is 3.04. The number of hydrogen-bond acceptors (Lipinski definition) is 4. The third-order valence-corrected chi connectivity index (χ3v) is 4.08. The normalized spacial score (nSPS) is 12.3. The van der Waals surface area contributed by atoms with Gasteiger partial charge >= 0.3 is 0 Å². The van der Waals surface area contributed by atoms with Crippen LogP contribution in [0.15, 0.2) is 35.7 Å². The number of carbonyl (C=O) groups excluding carboxylic acids is 1. The zero-order valence-electron chi connectivity index (χ0n) is 11.6. The Morgan fingerprint density at radius 2 is 2.00 bits per heavy atom. The molecule has 2 aromatic rings. The molecule has 2 rings (SSSR count). The number of hydrogen-bond donors (Lipinski definition) is 3. The van der Waals surface area contributed by atoms with Crippen molar-refractivity contribution in [2.45, 2.75) is 19.9 Å². The van der Waals surface area contributed by atoms with E-state index in [4.69, 9.17) is 11.5 Å². The van der Waals surface area contributed by atoms with Gasteiger partial charge in [0.2, 0.25) is 0 Å². The van der Waals surface area contributed by atoms with Crippen molar-refractivity contribution in [1.82, 2.24) is 5.32 Å². The average Bonchev–Trinajstić information content (AvgIpc) is 2.88. The van der Waals surface area contributed by atoms with Gasteiger partial charge in [-0.15, -0.1) is 11.3 Å². The fraction of sp³-hybridized carbons (Fsp3) is 0.267. The molecule has 0 aliphatic carbocycles. The SMILES string of the molecule is CC(C)C(NC(=O)c1ccc(N)cc1N)c1cccs1. The van der Waals surface area contributed by atoms with Gasteiger partial charge in [0.1, 0.15) is 0 Å². The van der Waals surface area contributed by atoms with Gasteiger partial charge in [0.05, 0.1) is 11.6 Å². The second-order valence-electron chi connectivity index (χ2n) is 5.06. The van der Waals surface area contributed by atoms with Crippen molar-refractivity contribution >= 4 is 28.6 Å². The van der Waals surface area contributed by atoms with E-state index in [-0.39, 0.29) is 11.9 Å². The molecule has 0 aliphatic rings. The van der Waals surface area contributed by atoms with E-state index in [2.05, 4.69) is 19.2 Å². The molecule has 0 spiro atoms. The van der Waals surface area contributed by atoms with Crippen molar-refractivity contribution in [3.8, 4) is 0 Å². The molecular formula is C15H19N3OS. The Labute approximate surface area is 122 Å². The highest BCUT2D eigenvalue weighted by Crippen LogP contribution is 2.26. The molecule has 0 bridgehead atoms. The Morgan fingerprint density at radius 3 is 2.55 bits per heavy atom. The summed E-state index contributed by atoms with van der Waals surface area (Å²) in [4.78, 5) is 13.5. The Hall–Kier alpha value is -2.01. The number of thiophene rings is 1. The first kappa shape index (κ1) is 14.4. The van der Waals surface area contributed by atoms with Gasteiger partial charge in [0.15, 0.2) is 0 Å². The standard InChI is InChI=1S/C15H19N3OS/c1-9(2)14(13-4-3-7-20-13)18-15(19)11-6-5-10(16)8-12(11)17/h3-9,14H,16-17H2,1-2H3,(H,18,19). The summed E-state index contributed by atoms with van der Waals surface area (Å²) >= 11 is 1.64. The first-order valence-corrected chi connectivity index (χ1v) is 7.36. The van der Waals surface area contributed by atoms with Gasteiger partial charge in [0, 0.05) is 16.3 Å². The maximum atomic E-state index is 12.4. The van der Waals surface area contributed by atoms with Gasteiger partial charge in [-0.3, -0.25) is 4.79 Å². The Kier molecular flexibility index (Phi) is 4.29. The molecule has 5 heteroatoms. The molecule has 0 saturated carbocycles. The van der Waals surface area contributed by atoms with Crippen LogP contribution >= 0.6 is 11.3 Å². The number of carbonyl (C=O) groups is 1. The molecule has 1 atom stereocenters. The van der Waals surface area contributed by atoms with E-state index in [9.17, 15) is 4.79 Å². The van der Waals surface area contributed by atoms with Crippen molar-refractivity contribution in [3.05, 3.63) is 46.2 Å². The monoisotopic (exact) mass is 289 g/mol. The number of nitrogen functional groups attached to an aromatic ring is 2. The third-order valence-electron chi connectivity index (χ3n) is 3.12. The van der Waals surface area contributed by atoms with Crippen LogP contribution in [0, 0.1) is 5.92 Å². The molecule has 0 fully saturated rings. The molecule has 1 amide bonds. The fourth-order valence-electron chi connectivity index (χ4n) is 2.04. The van der Waals surface area contributed by atoms with E-state index in [1.807, 2.05) is 17.5 Å². The summed E-state index contributed by atoms with van der Waals surface area (Å²) in [5.41, 5.74) is 12.9. The quantitative estimate of drug-likeness (QED) is 0.757. The summed E-state index contributed by atoms with van der Waals surface area (Å²) in [7, 11) is 0. The maximum absolute atomic E-state index is 12.4. The highest BCUT2D eigenvalue weighted by atomic mass is 32.1. The molecule has 20 heavy (non-hydrogen) atoms. The van der Waals surface area contributed by atoms with E-state index in [1.165, 1.54) is 0 Å². The molecule has 0 aliphatic heterocycles. The molecule has 1 aromatic heterocycles. The minimum absolute atomic E-state index is 0.0144. The largest absolute Gasteiger partial charge is 0.399 e. The zero-order valence-corrected chi connectivity index (χ0v) is 12.4. The second-order valence-corrected chi connectivity index (χ2v) is 6.04. The third kappa shape index (κ3) is 3.11. The Morgan fingerprint density at radius 1 is 1.25 bits per heavy atom. The number of rotatable bonds is 4. The predicted molar refractivity (Wildman–Crippen MR) is 84.6 cm³/mol. The molecule has 0 saturated heterocycles. The van der Waals surface area contributed by atoms with Gasteiger partial charge in [-0.1, -0.05) is 19.9 Å². The van der Waals surface area contributed by atoms with E-state index < -0.39 is 0 Å². The van der Waals surface area contributed by atoms with Gasteiger partial charge in [-0.05, 0) is 35.6 Å². The minimum Gasteiger partial charge on any atom is -0.399 e. The van der Waals surface area contributed by atoms with Crippen molar-refractivity contribution in [2.24, 2.45) is 5.92 Å². The van der Waals surface area contributed by atoms with Gasteiger partial charge in [0.25, 0.3) is 5.91 Å². The number of amides is 1. The molecule has 0 radical (unpaired) electrons. The minimum atomic E-state index is -0.172. The van der Waals surface area contributed by atoms with Crippen LogP contribution in [0.5, 0.6) is 0 Å². The maximum Gasteiger partial charge on any atom is 0.253 e. The molecule has 106 valence electrons. The number of anilines is 2. The summed E-state index contributed by atoms with van der Waals surface area (Å²) in [6.07, 6.45) is 0. The van der Waals surface area contributed by atoms with Crippen LogP contribution in [0.2, 0.25) is 0 Å². The van der Waals surface area contributed by atoms with Gasteiger partial charge < -0.3 is 16.8 Å². The lowest BCUT2D eigenvalue weighted by molar-refractivity contribution is 0.0927. The smallest absolute Gasteiger partial charge is 0.253 e. The fourth-order valence-corrected chi connectivity index (χ4v) is 2.99. The van der Waals surface area contributed by atoms with Crippen LogP contribution in [0.3, 0.4) is 0 Å². The lowest BCUT2D eigenvalue weighted by atomic mass is 10.0. The Balaban J connectivity index is 2.21. The average molecular weight is 289 g/mol. The lowest BCUT2D eigenvalue weighted by Crippen LogP contribution is -2.31. The summed E-state index contributed by atoms with van der Waals surface area (Å²) in [5, 5.41) is 5.05. The zero-order chi connectivity index (χ0) is 14.7. The van der Waals surface area contributed by atoms with Crippen LogP contribution in [0.4, 0.5) is 11.4 Å². The number of nitrogens with one attached hydrogen (secondary N) is 1. The molecule has 5 N–H and O–H groups in total. The van der Waals surface area contributed by atoms with Crippen LogP contribution in [0.1, 0.15) is 35.1 Å². The molecule has 1 aromatic carbocycles. The first-order chi connectivity index (χ1) is 9.49. The summed E-state index contributed by atoms with van der Waals surface area (Å²) in [6, 6.07) is 8.94. The first-order valence-electron chi connectivity index (χ1n) is 6.48. The summed E-state index contributed by atoms with van der Waals surface area (Å²) < 4.78 is 0. The van der Waals surface area contributed by atoms with Crippen LogP contribution in [-0.2, 0) is 0 Å². The highest BCUT2D eigenvalue weighted by Gasteiger charge is 2.21. The Bertz CT molecular complexity index is 593. The molecule has 1 heterocycles. The topological polar surface area (TPSA) is 81.1 Å². The van der Waals surface area contributed by atoms with E-state index >= 15 is 0 Å². The van der Waals surface area contributed by atoms with Gasteiger partial charge in [-0.2, -0.15) is 0 Å². The molecule has 4 nitrogen and oxygen atoms in total. The summed E-state index contributed by atoms with van der Waals surface area (Å²) in [5.74, 6) is 0.127. The lowest BCUT2D eigenvalue weighted by Gasteiger charge is -2.21. The molecule has 1 unspecified atom stereocenters. The summed E-state index contributed by atoms with van der Waals surface area (Å²) in [6.45, 7) is 4.16. The molecular weight excluding hydrogens is 270 g/mol. The second kappa shape index (κ2) is 5.96. The van der Waals surface area contributed by atoms with Crippen LogP contribution in [0.25, 0.3) is 0 Å². The van der Waals surface area contributed by atoms with E-state index in [0.717, 1.165) is 4.88 Å². The van der Waals surface area contributed by atoms with Crippen molar-refractivity contribution in [2.75, 3.05) is 11.5 Å². The van der Waals surface area contributed by atoms with Crippen molar-refractivity contribution in [3.63, 3.8) is 0 Å². The number of nitrogens with two attached hydrogens (primary N) is 2. The van der Waals surface area contributed by atoms with E-state index in [0.29, 0.717) is 22.9 Å². The van der Waals surface area contributed by atoms with E-state index in [1.54, 1.807) is 29.5 Å². The van der Waals surface area contributed by atoms with Crippen molar-refractivity contribution in [1.29, 1.82) is 0 Å². The van der Waals surface area contributed by atoms with Gasteiger partial charge in [-0.25, -0.2) is 0 Å².